The molecule has 1 atom stereocenters. The van der Waals surface area contributed by atoms with E-state index in [0.29, 0.717) is 18.7 Å². The molecule has 1 fully saturated rings. The van der Waals surface area contributed by atoms with E-state index < -0.39 is 17.9 Å². The monoisotopic (exact) mass is 260 g/mol. The molecule has 2 heterocycles. The third-order valence-corrected chi connectivity index (χ3v) is 2.86. The standard InChI is InChI=1S/C11H11F3N2O2/c1-18-10(17)8-4-5-16(8)7-2-3-9(15-6-7)11(12,13)14/h2-3,6,8H,4-5H2,1H3. The second kappa shape index (κ2) is 4.47. The quantitative estimate of drug-likeness (QED) is 0.761. The number of pyridine rings is 1. The molecule has 0 aliphatic carbocycles. The molecule has 1 aromatic rings. The summed E-state index contributed by atoms with van der Waals surface area (Å²) in [6.07, 6.45) is -2.69. The molecule has 0 spiro atoms. The van der Waals surface area contributed by atoms with E-state index in [1.165, 1.54) is 13.2 Å². The molecule has 0 N–H and O–H groups in total. The van der Waals surface area contributed by atoms with E-state index in [-0.39, 0.29) is 5.97 Å². The molecule has 7 heteroatoms. The number of anilines is 1. The van der Waals surface area contributed by atoms with Gasteiger partial charge in [-0.2, -0.15) is 13.2 Å². The number of rotatable bonds is 2. The summed E-state index contributed by atoms with van der Waals surface area (Å²) in [7, 11) is 1.28. The van der Waals surface area contributed by atoms with Crippen molar-refractivity contribution in [2.75, 3.05) is 18.6 Å². The number of esters is 1. The number of halogens is 3. The molecule has 18 heavy (non-hydrogen) atoms. The average molecular weight is 260 g/mol. The zero-order valence-corrected chi connectivity index (χ0v) is 9.57. The molecule has 0 radical (unpaired) electrons. The van der Waals surface area contributed by atoms with Crippen LogP contribution in [-0.4, -0.2) is 30.6 Å². The molecular formula is C11H11F3N2O2. The Bertz CT molecular complexity index is 445. The van der Waals surface area contributed by atoms with Crippen LogP contribution in [0.3, 0.4) is 0 Å². The highest BCUT2D eigenvalue weighted by Crippen LogP contribution is 2.31. The lowest BCUT2D eigenvalue weighted by Gasteiger charge is -2.40. The van der Waals surface area contributed by atoms with Crippen LogP contribution in [0.4, 0.5) is 18.9 Å². The van der Waals surface area contributed by atoms with Gasteiger partial charge in [0.1, 0.15) is 11.7 Å². The van der Waals surface area contributed by atoms with Crippen LogP contribution in [0.15, 0.2) is 18.3 Å². The summed E-state index contributed by atoms with van der Waals surface area (Å²) >= 11 is 0. The predicted octanol–water partition coefficient (Wildman–Crippen LogP) is 1.85. The van der Waals surface area contributed by atoms with Crippen LogP contribution in [0, 0.1) is 0 Å². The van der Waals surface area contributed by atoms with E-state index in [9.17, 15) is 18.0 Å². The smallest absolute Gasteiger partial charge is 0.433 e. The fourth-order valence-electron chi connectivity index (χ4n) is 1.80. The number of carbonyl (C=O) groups excluding carboxylic acids is 1. The minimum atomic E-state index is -4.45. The Morgan fingerprint density at radius 3 is 2.61 bits per heavy atom. The lowest BCUT2D eigenvalue weighted by Crippen LogP contribution is -2.53. The van der Waals surface area contributed by atoms with Crippen molar-refractivity contribution in [1.82, 2.24) is 4.98 Å². The molecule has 2 rings (SSSR count). The summed E-state index contributed by atoms with van der Waals surface area (Å²) in [6, 6.07) is 1.79. The number of alkyl halides is 3. The summed E-state index contributed by atoms with van der Waals surface area (Å²) in [4.78, 5) is 16.4. The maximum absolute atomic E-state index is 12.3. The Morgan fingerprint density at radius 2 is 2.22 bits per heavy atom. The highest BCUT2D eigenvalue weighted by atomic mass is 19.4. The summed E-state index contributed by atoms with van der Waals surface area (Å²) in [5, 5.41) is 0. The molecule has 0 amide bonds. The van der Waals surface area contributed by atoms with Gasteiger partial charge in [-0.1, -0.05) is 0 Å². The van der Waals surface area contributed by atoms with Gasteiger partial charge >= 0.3 is 12.1 Å². The van der Waals surface area contributed by atoms with Crippen LogP contribution in [-0.2, 0) is 15.7 Å². The van der Waals surface area contributed by atoms with Crippen LogP contribution < -0.4 is 4.90 Å². The number of methoxy groups -OCH3 is 1. The Morgan fingerprint density at radius 1 is 1.50 bits per heavy atom. The number of aromatic nitrogens is 1. The SMILES string of the molecule is COC(=O)C1CCN1c1ccc(C(F)(F)F)nc1. The van der Waals surface area contributed by atoms with Gasteiger partial charge < -0.3 is 9.64 Å². The Balaban J connectivity index is 2.13. The fourth-order valence-corrected chi connectivity index (χ4v) is 1.80. The first kappa shape index (κ1) is 12.7. The van der Waals surface area contributed by atoms with Crippen molar-refractivity contribution in [1.29, 1.82) is 0 Å². The molecule has 1 saturated heterocycles. The van der Waals surface area contributed by atoms with Gasteiger partial charge in [-0.15, -0.1) is 0 Å². The molecule has 1 unspecified atom stereocenters. The highest BCUT2D eigenvalue weighted by molar-refractivity contribution is 5.81. The zero-order valence-electron chi connectivity index (χ0n) is 9.57. The van der Waals surface area contributed by atoms with Gasteiger partial charge in [-0.3, -0.25) is 0 Å². The average Bonchev–Trinajstić information content (AvgIpc) is 2.27. The van der Waals surface area contributed by atoms with E-state index in [2.05, 4.69) is 9.72 Å². The van der Waals surface area contributed by atoms with E-state index in [4.69, 9.17) is 0 Å². The Kier molecular flexibility index (Phi) is 3.14. The molecule has 98 valence electrons. The van der Waals surface area contributed by atoms with Gasteiger partial charge in [-0.05, 0) is 18.6 Å². The number of nitrogens with zero attached hydrogens (tertiary/aromatic N) is 2. The molecule has 1 aliphatic heterocycles. The molecule has 1 aliphatic rings. The lowest BCUT2D eigenvalue weighted by atomic mass is 10.0. The second-order valence-electron chi connectivity index (χ2n) is 3.92. The van der Waals surface area contributed by atoms with Crippen molar-refractivity contribution >= 4 is 11.7 Å². The first-order valence-electron chi connectivity index (χ1n) is 5.31. The minimum Gasteiger partial charge on any atom is -0.467 e. The molecular weight excluding hydrogens is 249 g/mol. The molecule has 0 bridgehead atoms. The summed E-state index contributed by atoms with van der Waals surface area (Å²) in [6.45, 7) is 0.604. The van der Waals surface area contributed by atoms with Gasteiger partial charge in [0.2, 0.25) is 0 Å². The van der Waals surface area contributed by atoms with E-state index in [0.717, 1.165) is 12.3 Å². The topological polar surface area (TPSA) is 42.4 Å². The van der Waals surface area contributed by atoms with Crippen LogP contribution in [0.5, 0.6) is 0 Å². The summed E-state index contributed by atoms with van der Waals surface area (Å²) in [5.41, 5.74) is -0.453. The number of hydrogen-bond donors (Lipinski definition) is 0. The van der Waals surface area contributed by atoms with Gasteiger partial charge in [-0.25, -0.2) is 9.78 Å². The summed E-state index contributed by atoms with van der Waals surface area (Å²) < 4.78 is 41.6. The van der Waals surface area contributed by atoms with Gasteiger partial charge in [0, 0.05) is 6.54 Å². The minimum absolute atomic E-state index is 0.388. The van der Waals surface area contributed by atoms with Gasteiger partial charge in [0.05, 0.1) is 19.0 Å². The Hall–Kier alpha value is -1.79. The van der Waals surface area contributed by atoms with E-state index >= 15 is 0 Å². The maximum Gasteiger partial charge on any atom is 0.433 e. The Labute approximate surface area is 101 Å². The lowest BCUT2D eigenvalue weighted by molar-refractivity contribution is -0.144. The van der Waals surface area contributed by atoms with Crippen LogP contribution in [0.2, 0.25) is 0 Å². The maximum atomic E-state index is 12.3. The van der Waals surface area contributed by atoms with Crippen molar-refractivity contribution < 1.29 is 22.7 Å². The van der Waals surface area contributed by atoms with Crippen molar-refractivity contribution in [3.63, 3.8) is 0 Å². The fraction of sp³-hybridized carbons (Fsp3) is 0.455. The van der Waals surface area contributed by atoms with Crippen LogP contribution in [0.25, 0.3) is 0 Å². The molecule has 0 aromatic carbocycles. The molecule has 4 nitrogen and oxygen atoms in total. The van der Waals surface area contributed by atoms with Crippen LogP contribution >= 0.6 is 0 Å². The second-order valence-corrected chi connectivity index (χ2v) is 3.92. The van der Waals surface area contributed by atoms with Crippen molar-refractivity contribution in [2.24, 2.45) is 0 Å². The number of ether oxygens (including phenoxy) is 1. The van der Waals surface area contributed by atoms with Crippen LogP contribution in [0.1, 0.15) is 12.1 Å². The normalized spacial score (nSPS) is 19.3. The first-order valence-corrected chi connectivity index (χ1v) is 5.31. The third kappa shape index (κ3) is 2.25. The third-order valence-electron chi connectivity index (χ3n) is 2.86. The number of carbonyl (C=O) groups is 1. The largest absolute Gasteiger partial charge is 0.467 e. The van der Waals surface area contributed by atoms with Crippen molar-refractivity contribution in [3.05, 3.63) is 24.0 Å². The van der Waals surface area contributed by atoms with Gasteiger partial charge in [0.15, 0.2) is 0 Å². The predicted molar refractivity (Wildman–Crippen MR) is 57.0 cm³/mol. The van der Waals surface area contributed by atoms with Crippen molar-refractivity contribution in [2.45, 2.75) is 18.6 Å². The highest BCUT2D eigenvalue weighted by Gasteiger charge is 2.36. The van der Waals surface area contributed by atoms with E-state index in [1.54, 1.807) is 4.90 Å². The zero-order chi connectivity index (χ0) is 13.3. The first-order chi connectivity index (χ1) is 8.43. The van der Waals surface area contributed by atoms with Crippen molar-refractivity contribution in [3.8, 4) is 0 Å². The summed E-state index contributed by atoms with van der Waals surface area (Å²) in [5.74, 6) is -0.388. The molecule has 0 saturated carbocycles. The van der Waals surface area contributed by atoms with E-state index in [1.807, 2.05) is 0 Å². The van der Waals surface area contributed by atoms with Gasteiger partial charge in [0.25, 0.3) is 0 Å². The number of hydrogen-bond acceptors (Lipinski definition) is 4. The molecule has 1 aromatic heterocycles.